The predicted octanol–water partition coefficient (Wildman–Crippen LogP) is 1.58. The van der Waals surface area contributed by atoms with Crippen LogP contribution >= 0.6 is 0 Å². The molecule has 0 spiro atoms. The predicted molar refractivity (Wildman–Crippen MR) is 105 cm³/mol. The molecule has 0 bridgehead atoms. The van der Waals surface area contributed by atoms with Crippen molar-refractivity contribution in [2.24, 2.45) is 0 Å². The Labute approximate surface area is 174 Å². The minimum absolute atomic E-state index is 0.0236. The zero-order valence-electron chi connectivity index (χ0n) is 16.8. The normalized spacial score (nSPS) is 20.0. The smallest absolute Gasteiger partial charge is 0.338 e. The quantitative estimate of drug-likeness (QED) is 0.675. The second-order valence-electron chi connectivity index (χ2n) is 7.05. The first-order valence-corrected chi connectivity index (χ1v) is 10.7. The number of anilines is 1. The van der Waals surface area contributed by atoms with Gasteiger partial charge in [-0.25, -0.2) is 13.2 Å². The summed E-state index contributed by atoms with van der Waals surface area (Å²) >= 11 is 0. The molecule has 2 aromatic rings. The van der Waals surface area contributed by atoms with Gasteiger partial charge in [-0.05, 0) is 39.0 Å². The molecule has 162 valence electrons. The first kappa shape index (κ1) is 21.9. The van der Waals surface area contributed by atoms with Crippen LogP contribution in [-0.4, -0.2) is 61.7 Å². The highest BCUT2D eigenvalue weighted by molar-refractivity contribution is 7.89. The second kappa shape index (κ2) is 8.94. The molecule has 2 unspecified atom stereocenters. The number of amides is 1. The molecular formula is C19H23N3O7S. The highest BCUT2D eigenvalue weighted by Crippen LogP contribution is 2.22. The average molecular weight is 437 g/mol. The summed E-state index contributed by atoms with van der Waals surface area (Å²) in [5, 5.41) is 6.03. The van der Waals surface area contributed by atoms with Gasteiger partial charge in [-0.1, -0.05) is 11.2 Å². The van der Waals surface area contributed by atoms with Crippen molar-refractivity contribution >= 4 is 27.7 Å². The van der Waals surface area contributed by atoms with Gasteiger partial charge in [0.1, 0.15) is 5.76 Å². The molecule has 11 heteroatoms. The number of nitrogens with one attached hydrogen (secondary N) is 1. The summed E-state index contributed by atoms with van der Waals surface area (Å²) in [5.74, 6) is -0.695. The number of ether oxygens (including phenoxy) is 2. The maximum Gasteiger partial charge on any atom is 0.338 e. The van der Waals surface area contributed by atoms with Crippen molar-refractivity contribution in [3.63, 3.8) is 0 Å². The van der Waals surface area contributed by atoms with Gasteiger partial charge >= 0.3 is 5.97 Å². The Morgan fingerprint density at radius 1 is 1.23 bits per heavy atom. The Bertz CT molecular complexity index is 1020. The summed E-state index contributed by atoms with van der Waals surface area (Å²) in [4.78, 5) is 24.1. The molecule has 30 heavy (non-hydrogen) atoms. The van der Waals surface area contributed by atoms with Gasteiger partial charge in [0.25, 0.3) is 5.91 Å². The van der Waals surface area contributed by atoms with E-state index >= 15 is 0 Å². The third-order valence-electron chi connectivity index (χ3n) is 4.32. The SMILES string of the molecule is Cc1cc(NC(=O)COC(=O)c2cccc(S(=O)(=O)N3CC(C)OC(C)C3)c2)no1. The number of carbonyl (C=O) groups excluding carboxylic acids is 2. The largest absolute Gasteiger partial charge is 0.452 e. The first-order chi connectivity index (χ1) is 14.1. The van der Waals surface area contributed by atoms with E-state index in [4.69, 9.17) is 14.0 Å². The minimum atomic E-state index is -3.81. The molecule has 2 heterocycles. The Morgan fingerprint density at radius 2 is 1.93 bits per heavy atom. The molecule has 0 radical (unpaired) electrons. The molecule has 0 aliphatic carbocycles. The number of aryl methyl sites for hydroxylation is 1. The van der Waals surface area contributed by atoms with Crippen LogP contribution in [0.2, 0.25) is 0 Å². The number of hydrogen-bond acceptors (Lipinski definition) is 8. The van der Waals surface area contributed by atoms with Crippen LogP contribution < -0.4 is 5.32 Å². The van der Waals surface area contributed by atoms with Gasteiger partial charge in [-0.3, -0.25) is 4.79 Å². The maximum absolute atomic E-state index is 13.0. The lowest BCUT2D eigenvalue weighted by atomic mass is 10.2. The Kier molecular flexibility index (Phi) is 6.54. The Morgan fingerprint density at radius 3 is 2.57 bits per heavy atom. The van der Waals surface area contributed by atoms with Crippen LogP contribution in [0.5, 0.6) is 0 Å². The van der Waals surface area contributed by atoms with E-state index in [1.165, 1.54) is 34.6 Å². The number of nitrogens with zero attached hydrogens (tertiary/aromatic N) is 2. The molecule has 1 aromatic heterocycles. The Hall–Kier alpha value is -2.76. The molecule has 1 aliphatic rings. The molecule has 0 saturated carbocycles. The van der Waals surface area contributed by atoms with E-state index in [1.54, 1.807) is 20.8 Å². The highest BCUT2D eigenvalue weighted by atomic mass is 32.2. The summed E-state index contributed by atoms with van der Waals surface area (Å²) in [6.45, 7) is 5.17. The lowest BCUT2D eigenvalue weighted by Gasteiger charge is -2.34. The monoisotopic (exact) mass is 437 g/mol. The molecular weight excluding hydrogens is 414 g/mol. The van der Waals surface area contributed by atoms with E-state index in [0.29, 0.717) is 5.76 Å². The van der Waals surface area contributed by atoms with Gasteiger partial charge < -0.3 is 19.3 Å². The summed E-state index contributed by atoms with van der Waals surface area (Å²) in [5.41, 5.74) is 0.0236. The summed E-state index contributed by atoms with van der Waals surface area (Å²) in [6, 6.07) is 7.04. The number of rotatable bonds is 6. The number of sulfonamides is 1. The molecule has 1 N–H and O–H groups in total. The minimum Gasteiger partial charge on any atom is -0.452 e. The van der Waals surface area contributed by atoms with E-state index in [9.17, 15) is 18.0 Å². The van der Waals surface area contributed by atoms with Crippen molar-refractivity contribution in [1.29, 1.82) is 0 Å². The fraction of sp³-hybridized carbons (Fsp3) is 0.421. The lowest BCUT2D eigenvalue weighted by molar-refractivity contribution is -0.119. The van der Waals surface area contributed by atoms with E-state index in [0.717, 1.165) is 0 Å². The van der Waals surface area contributed by atoms with Crippen molar-refractivity contribution in [3.05, 3.63) is 41.7 Å². The van der Waals surface area contributed by atoms with Gasteiger partial charge in [-0.15, -0.1) is 0 Å². The Balaban J connectivity index is 1.65. The molecule has 1 fully saturated rings. The molecule has 1 saturated heterocycles. The molecule has 3 rings (SSSR count). The number of carbonyl (C=O) groups is 2. The van der Waals surface area contributed by atoms with Gasteiger partial charge in [0.15, 0.2) is 12.4 Å². The van der Waals surface area contributed by atoms with Crippen LogP contribution in [0.25, 0.3) is 0 Å². The maximum atomic E-state index is 13.0. The standard InChI is InChI=1S/C19H23N3O7S/c1-12-7-17(21-29-12)20-18(23)11-27-19(24)15-5-4-6-16(8-15)30(25,26)22-9-13(2)28-14(3)10-22/h4-8,13-14H,9-11H2,1-3H3,(H,20,21,23). The van der Waals surface area contributed by atoms with E-state index in [2.05, 4.69) is 10.5 Å². The number of hydrogen-bond donors (Lipinski definition) is 1. The van der Waals surface area contributed by atoms with Crippen molar-refractivity contribution in [2.75, 3.05) is 25.0 Å². The van der Waals surface area contributed by atoms with E-state index in [1.807, 2.05) is 0 Å². The van der Waals surface area contributed by atoms with Crippen molar-refractivity contribution < 1.29 is 32.0 Å². The van der Waals surface area contributed by atoms with Crippen LogP contribution in [0.15, 0.2) is 39.8 Å². The molecule has 2 atom stereocenters. The number of morpholine rings is 1. The lowest BCUT2D eigenvalue weighted by Crippen LogP contribution is -2.48. The van der Waals surface area contributed by atoms with Crippen molar-refractivity contribution in [2.45, 2.75) is 37.9 Å². The van der Waals surface area contributed by atoms with Crippen LogP contribution in [0.3, 0.4) is 0 Å². The molecule has 1 aromatic carbocycles. The van der Waals surface area contributed by atoms with Crippen molar-refractivity contribution in [3.8, 4) is 0 Å². The first-order valence-electron chi connectivity index (χ1n) is 9.31. The third-order valence-corrected chi connectivity index (χ3v) is 6.15. The third kappa shape index (κ3) is 5.23. The summed E-state index contributed by atoms with van der Waals surface area (Å²) < 4.78 is 42.6. The molecule has 1 amide bonds. The van der Waals surface area contributed by atoms with Crippen molar-refractivity contribution in [1.82, 2.24) is 9.46 Å². The summed E-state index contributed by atoms with van der Waals surface area (Å²) in [7, 11) is -3.81. The summed E-state index contributed by atoms with van der Waals surface area (Å²) in [6.07, 6.45) is -0.465. The zero-order valence-corrected chi connectivity index (χ0v) is 17.6. The number of benzene rings is 1. The number of esters is 1. The van der Waals surface area contributed by atoms with Crippen LogP contribution in [-0.2, 0) is 24.3 Å². The van der Waals surface area contributed by atoms with Crippen LogP contribution in [0, 0.1) is 6.92 Å². The van der Waals surface area contributed by atoms with Gasteiger partial charge in [-0.2, -0.15) is 4.31 Å². The second-order valence-corrected chi connectivity index (χ2v) is 8.99. The average Bonchev–Trinajstić information content (AvgIpc) is 3.10. The fourth-order valence-corrected chi connectivity index (χ4v) is 4.72. The van der Waals surface area contributed by atoms with E-state index < -0.39 is 28.5 Å². The van der Waals surface area contributed by atoms with Crippen LogP contribution in [0.4, 0.5) is 5.82 Å². The fourth-order valence-electron chi connectivity index (χ4n) is 3.08. The zero-order chi connectivity index (χ0) is 21.9. The van der Waals surface area contributed by atoms with Gasteiger partial charge in [0.05, 0.1) is 22.7 Å². The van der Waals surface area contributed by atoms with E-state index in [-0.39, 0.29) is 41.6 Å². The van der Waals surface area contributed by atoms with Gasteiger partial charge in [0.2, 0.25) is 10.0 Å². The molecule has 1 aliphatic heterocycles. The van der Waals surface area contributed by atoms with Crippen LogP contribution in [0.1, 0.15) is 30.0 Å². The highest BCUT2D eigenvalue weighted by Gasteiger charge is 2.32. The molecule has 10 nitrogen and oxygen atoms in total. The number of aromatic nitrogens is 1. The topological polar surface area (TPSA) is 128 Å². The van der Waals surface area contributed by atoms with Gasteiger partial charge in [0, 0.05) is 19.2 Å².